The van der Waals surface area contributed by atoms with E-state index in [2.05, 4.69) is 43.6 Å². The molecule has 2 bridgehead atoms. The van der Waals surface area contributed by atoms with E-state index in [9.17, 15) is 24.0 Å². The standard InChI is InChI=1S/C39H51N5O6/c1-25-27-13-8-10-16-30(27)50-33(25)35(48)40-28(14-9-11-17-32(46)43(6)7)34(47)41-29-15-12-18-44(36(29)49)22-31(45)42-39-21-26(19-37(2,3)23-39)20-38(4,5)24-39/h8,10-13,15-18,26,28H,9,14,19-24H2,1-7H3,(H,40,48)(H,41,47)(H,42,45)/b17-11+/t26?,28-,39?/m0/s1. The molecular formula is C39H51N5O6. The van der Waals surface area contributed by atoms with Gasteiger partial charge >= 0.3 is 0 Å². The largest absolute Gasteiger partial charge is 0.451 e. The number of fused-ring (bicyclic) bond motifs is 3. The van der Waals surface area contributed by atoms with Crippen LogP contribution >= 0.6 is 0 Å². The van der Waals surface area contributed by atoms with Gasteiger partial charge in [0.2, 0.25) is 17.7 Å². The highest BCUT2D eigenvalue weighted by molar-refractivity contribution is 6.03. The minimum Gasteiger partial charge on any atom is -0.451 e. The smallest absolute Gasteiger partial charge is 0.287 e. The van der Waals surface area contributed by atoms with Crippen molar-refractivity contribution in [3.05, 3.63) is 76.4 Å². The number of hydrogen-bond donors (Lipinski definition) is 3. The molecule has 1 atom stereocenters. The summed E-state index contributed by atoms with van der Waals surface area (Å²) >= 11 is 0. The summed E-state index contributed by atoms with van der Waals surface area (Å²) in [5.74, 6) is -1.01. The average Bonchev–Trinajstić information content (AvgIpc) is 3.34. The lowest BCUT2D eigenvalue weighted by molar-refractivity contribution is -0.127. The summed E-state index contributed by atoms with van der Waals surface area (Å²) in [6.07, 6.45) is 10.0. The molecule has 2 saturated carbocycles. The molecule has 11 heteroatoms. The third kappa shape index (κ3) is 8.54. The molecule has 0 aliphatic heterocycles. The topological polar surface area (TPSA) is 143 Å². The lowest BCUT2D eigenvalue weighted by Crippen LogP contribution is -2.60. The number of carbonyl (C=O) groups excluding carboxylic acids is 4. The molecule has 2 aliphatic carbocycles. The first kappa shape index (κ1) is 36.6. The first-order valence-electron chi connectivity index (χ1n) is 17.4. The monoisotopic (exact) mass is 685 g/mol. The second kappa shape index (κ2) is 14.3. The van der Waals surface area contributed by atoms with Crippen LogP contribution in [0, 0.1) is 23.7 Å². The maximum atomic E-state index is 13.7. The summed E-state index contributed by atoms with van der Waals surface area (Å²) in [4.78, 5) is 67.7. The summed E-state index contributed by atoms with van der Waals surface area (Å²) in [7, 11) is 3.27. The third-order valence-corrected chi connectivity index (χ3v) is 9.99. The number of furan rings is 1. The van der Waals surface area contributed by atoms with Gasteiger partial charge in [-0.1, -0.05) is 52.0 Å². The molecule has 3 N–H and O–H groups in total. The van der Waals surface area contributed by atoms with E-state index in [4.69, 9.17) is 4.42 Å². The van der Waals surface area contributed by atoms with Crippen molar-refractivity contribution < 1.29 is 23.6 Å². The highest BCUT2D eigenvalue weighted by Gasteiger charge is 2.51. The molecule has 50 heavy (non-hydrogen) atoms. The SMILES string of the molecule is Cc1c(C(=O)N[C@@H](CC/C=C/C(=O)N(C)C)C(=O)Nc2cccn(CC(=O)NC34CC(CC(C)(C)C3)CC(C)(C)C4)c2=O)oc2ccccc12. The molecule has 11 nitrogen and oxygen atoms in total. The van der Waals surface area contributed by atoms with Crippen LogP contribution in [0.5, 0.6) is 0 Å². The van der Waals surface area contributed by atoms with Gasteiger partial charge < -0.3 is 29.8 Å². The molecule has 0 unspecified atom stereocenters. The highest BCUT2D eigenvalue weighted by atomic mass is 16.3. The Bertz CT molecular complexity index is 1850. The van der Waals surface area contributed by atoms with E-state index in [1.165, 1.54) is 27.8 Å². The zero-order valence-electron chi connectivity index (χ0n) is 30.4. The molecule has 2 heterocycles. The van der Waals surface area contributed by atoms with Crippen LogP contribution in [0.15, 0.2) is 64.0 Å². The number of nitrogens with one attached hydrogen (secondary N) is 3. The number of para-hydroxylation sites is 1. The zero-order valence-corrected chi connectivity index (χ0v) is 30.4. The number of nitrogens with zero attached hydrogens (tertiary/aromatic N) is 2. The number of allylic oxidation sites excluding steroid dienone is 1. The van der Waals surface area contributed by atoms with Gasteiger partial charge in [0.15, 0.2) is 5.76 Å². The van der Waals surface area contributed by atoms with Crippen molar-refractivity contribution in [2.75, 3.05) is 19.4 Å². The van der Waals surface area contributed by atoms with Crippen LogP contribution in [0.1, 0.15) is 88.8 Å². The van der Waals surface area contributed by atoms with Crippen molar-refractivity contribution in [1.29, 1.82) is 0 Å². The van der Waals surface area contributed by atoms with Gasteiger partial charge in [-0.25, -0.2) is 0 Å². The van der Waals surface area contributed by atoms with Gasteiger partial charge in [-0.2, -0.15) is 0 Å². The number of likely N-dealkylation sites (N-methyl/N-ethyl adjacent to an activating group) is 1. The fourth-order valence-electron chi connectivity index (χ4n) is 8.60. The number of amides is 4. The van der Waals surface area contributed by atoms with Crippen molar-refractivity contribution in [3.63, 3.8) is 0 Å². The molecule has 4 amide bonds. The summed E-state index contributed by atoms with van der Waals surface area (Å²) < 4.78 is 7.11. The third-order valence-electron chi connectivity index (χ3n) is 9.99. The Morgan fingerprint density at radius 3 is 2.34 bits per heavy atom. The number of benzene rings is 1. The molecule has 268 valence electrons. The van der Waals surface area contributed by atoms with Crippen LogP contribution in [0.25, 0.3) is 11.0 Å². The van der Waals surface area contributed by atoms with Gasteiger partial charge in [0.1, 0.15) is 23.9 Å². The van der Waals surface area contributed by atoms with Crippen LogP contribution in [-0.2, 0) is 20.9 Å². The normalized spacial score (nSPS) is 21.4. The minimum absolute atomic E-state index is 0.0152. The van der Waals surface area contributed by atoms with Crippen LogP contribution in [0.4, 0.5) is 5.69 Å². The number of aromatic nitrogens is 1. The van der Waals surface area contributed by atoms with Crippen molar-refractivity contribution in [3.8, 4) is 0 Å². The van der Waals surface area contributed by atoms with Gasteiger partial charge in [0.05, 0.1) is 0 Å². The second-order valence-corrected chi connectivity index (χ2v) is 16.1. The Labute approximate surface area is 293 Å². The average molecular weight is 686 g/mol. The van der Waals surface area contributed by atoms with Crippen LogP contribution in [-0.4, -0.2) is 58.8 Å². The Morgan fingerprint density at radius 2 is 1.68 bits per heavy atom. The number of anilines is 1. The molecule has 1 aromatic carbocycles. The summed E-state index contributed by atoms with van der Waals surface area (Å²) in [6.45, 7) is 10.6. The first-order chi connectivity index (χ1) is 23.5. The van der Waals surface area contributed by atoms with Crippen LogP contribution in [0.3, 0.4) is 0 Å². The molecular weight excluding hydrogens is 634 g/mol. The highest BCUT2D eigenvalue weighted by Crippen LogP contribution is 2.55. The molecule has 2 aromatic heterocycles. The number of rotatable bonds is 11. The molecule has 2 aliphatic rings. The quantitative estimate of drug-likeness (QED) is 0.226. The van der Waals surface area contributed by atoms with Gasteiger partial charge in [0, 0.05) is 36.8 Å². The Kier molecular flexibility index (Phi) is 10.5. The van der Waals surface area contributed by atoms with Crippen LogP contribution in [0.2, 0.25) is 0 Å². The van der Waals surface area contributed by atoms with Gasteiger partial charge in [0.25, 0.3) is 11.5 Å². The van der Waals surface area contributed by atoms with Crippen molar-refractivity contribution in [2.24, 2.45) is 16.7 Å². The molecule has 0 saturated heterocycles. The van der Waals surface area contributed by atoms with Gasteiger partial charge in [-0.15, -0.1) is 0 Å². The van der Waals surface area contributed by atoms with Crippen molar-refractivity contribution >= 4 is 40.3 Å². The van der Waals surface area contributed by atoms with E-state index in [1.807, 2.05) is 18.2 Å². The summed E-state index contributed by atoms with van der Waals surface area (Å²) in [5.41, 5.74) is 0.541. The summed E-state index contributed by atoms with van der Waals surface area (Å²) in [5, 5.41) is 9.58. The lowest BCUT2D eigenvalue weighted by atomic mass is 9.53. The predicted octanol–water partition coefficient (Wildman–Crippen LogP) is 5.57. The Morgan fingerprint density at radius 1 is 1.00 bits per heavy atom. The lowest BCUT2D eigenvalue weighted by Gasteiger charge is -2.56. The van der Waals surface area contributed by atoms with Crippen LogP contribution < -0.4 is 21.5 Å². The fourth-order valence-corrected chi connectivity index (χ4v) is 8.60. The number of carbonyl (C=O) groups is 4. The fraction of sp³-hybridized carbons (Fsp3) is 0.513. The van der Waals surface area contributed by atoms with E-state index < -0.39 is 23.4 Å². The maximum absolute atomic E-state index is 13.7. The molecule has 2 fully saturated rings. The van der Waals surface area contributed by atoms with E-state index in [-0.39, 0.29) is 52.6 Å². The number of aryl methyl sites for hydroxylation is 1. The van der Waals surface area contributed by atoms with E-state index >= 15 is 0 Å². The molecule has 5 rings (SSSR count). The molecule has 0 spiro atoms. The molecule has 0 radical (unpaired) electrons. The first-order valence-corrected chi connectivity index (χ1v) is 17.4. The Balaban J connectivity index is 1.31. The number of hydrogen-bond acceptors (Lipinski definition) is 6. The minimum atomic E-state index is -1.07. The predicted molar refractivity (Wildman–Crippen MR) is 194 cm³/mol. The van der Waals surface area contributed by atoms with Crippen molar-refractivity contribution in [2.45, 2.75) is 97.7 Å². The number of pyridine rings is 1. The molecule has 3 aromatic rings. The zero-order chi connectivity index (χ0) is 36.4. The van der Waals surface area contributed by atoms with E-state index in [1.54, 1.807) is 39.2 Å². The summed E-state index contributed by atoms with van der Waals surface area (Å²) in [6, 6.07) is 9.29. The Hall–Kier alpha value is -4.67. The maximum Gasteiger partial charge on any atom is 0.287 e. The van der Waals surface area contributed by atoms with Gasteiger partial charge in [-0.3, -0.25) is 24.0 Å². The second-order valence-electron chi connectivity index (χ2n) is 16.1. The van der Waals surface area contributed by atoms with E-state index in [0.29, 0.717) is 23.5 Å². The van der Waals surface area contributed by atoms with Crippen molar-refractivity contribution in [1.82, 2.24) is 20.1 Å². The van der Waals surface area contributed by atoms with E-state index in [0.717, 1.165) is 37.5 Å². The van der Waals surface area contributed by atoms with Gasteiger partial charge in [-0.05, 0) is 92.9 Å².